The van der Waals surface area contributed by atoms with Crippen LogP contribution in [-0.4, -0.2) is 34.5 Å². The first-order valence-electron chi connectivity index (χ1n) is 6.07. The first-order chi connectivity index (χ1) is 8.80. The Labute approximate surface area is 114 Å². The van der Waals surface area contributed by atoms with Gasteiger partial charge in [-0.25, -0.2) is 0 Å². The second kappa shape index (κ2) is 4.90. The summed E-state index contributed by atoms with van der Waals surface area (Å²) in [5.74, 6) is -0.178. The number of nitro groups is 1. The van der Waals surface area contributed by atoms with Crippen molar-refractivity contribution in [1.29, 1.82) is 0 Å². The number of Topliss-reactive ketones (excluding diaryl/α,β-unsaturated/α-hetero) is 1. The fraction of sp³-hybridized carbons (Fsp3) is 0.583. The normalized spacial score (nSPS) is 23.4. The number of aliphatic hydroxyl groups is 1. The van der Waals surface area contributed by atoms with Crippen LogP contribution in [-0.2, 0) is 0 Å². The number of carbonyl (C=O) groups is 1. The molecule has 1 unspecified atom stereocenters. The standard InChI is InChI=1S/C12H16N2O4S/c1-8(15)10-6-9(14(17)18)11(19-10)13-5-3-4-12(2,16)7-13/h6,16H,3-5,7H2,1-2H3. The largest absolute Gasteiger partial charge is 0.388 e. The van der Waals surface area contributed by atoms with Gasteiger partial charge in [-0.05, 0) is 26.7 Å². The Morgan fingerprint density at radius 2 is 2.32 bits per heavy atom. The molecule has 2 rings (SSSR count). The summed E-state index contributed by atoms with van der Waals surface area (Å²) in [5, 5.41) is 21.6. The first-order valence-corrected chi connectivity index (χ1v) is 6.88. The summed E-state index contributed by atoms with van der Waals surface area (Å²) >= 11 is 1.13. The van der Waals surface area contributed by atoms with Crippen molar-refractivity contribution >= 4 is 27.8 Å². The van der Waals surface area contributed by atoms with E-state index in [9.17, 15) is 20.0 Å². The molecule has 1 fully saturated rings. The van der Waals surface area contributed by atoms with Gasteiger partial charge in [-0.2, -0.15) is 0 Å². The van der Waals surface area contributed by atoms with Crippen molar-refractivity contribution in [3.05, 3.63) is 21.1 Å². The lowest BCUT2D eigenvalue weighted by Gasteiger charge is -2.37. The maximum Gasteiger partial charge on any atom is 0.304 e. The molecule has 1 saturated heterocycles. The van der Waals surface area contributed by atoms with Crippen LogP contribution in [0.1, 0.15) is 36.4 Å². The zero-order valence-corrected chi connectivity index (χ0v) is 11.7. The molecule has 2 heterocycles. The van der Waals surface area contributed by atoms with Crippen molar-refractivity contribution in [2.45, 2.75) is 32.3 Å². The molecule has 0 aliphatic carbocycles. The van der Waals surface area contributed by atoms with Crippen LogP contribution < -0.4 is 4.90 Å². The number of hydrogen-bond acceptors (Lipinski definition) is 6. The number of ketones is 1. The van der Waals surface area contributed by atoms with E-state index in [0.717, 1.165) is 17.8 Å². The monoisotopic (exact) mass is 284 g/mol. The number of rotatable bonds is 3. The molecule has 1 aromatic heterocycles. The zero-order valence-electron chi connectivity index (χ0n) is 10.9. The Morgan fingerprint density at radius 1 is 1.63 bits per heavy atom. The van der Waals surface area contributed by atoms with Crippen LogP contribution >= 0.6 is 11.3 Å². The van der Waals surface area contributed by atoms with Gasteiger partial charge in [0.05, 0.1) is 15.4 Å². The van der Waals surface area contributed by atoms with E-state index in [4.69, 9.17) is 0 Å². The minimum absolute atomic E-state index is 0.0482. The highest BCUT2D eigenvalue weighted by Gasteiger charge is 2.33. The van der Waals surface area contributed by atoms with Crippen LogP contribution in [0.25, 0.3) is 0 Å². The summed E-state index contributed by atoms with van der Waals surface area (Å²) in [4.78, 5) is 24.2. The van der Waals surface area contributed by atoms with Crippen LogP contribution in [0.5, 0.6) is 0 Å². The Bertz CT molecular complexity index is 524. The zero-order chi connectivity index (χ0) is 14.2. The number of anilines is 1. The van der Waals surface area contributed by atoms with Gasteiger partial charge in [-0.1, -0.05) is 0 Å². The van der Waals surface area contributed by atoms with Gasteiger partial charge in [0.25, 0.3) is 0 Å². The number of hydrogen-bond donors (Lipinski definition) is 1. The van der Waals surface area contributed by atoms with E-state index in [2.05, 4.69) is 0 Å². The Hall–Kier alpha value is -1.47. The molecule has 7 heteroatoms. The molecule has 0 aromatic carbocycles. The van der Waals surface area contributed by atoms with E-state index >= 15 is 0 Å². The van der Waals surface area contributed by atoms with E-state index in [-0.39, 0.29) is 11.5 Å². The lowest BCUT2D eigenvalue weighted by atomic mass is 9.95. The molecule has 0 saturated carbocycles. The second-order valence-electron chi connectivity index (χ2n) is 5.14. The first kappa shape index (κ1) is 14.0. The average molecular weight is 284 g/mol. The van der Waals surface area contributed by atoms with Crippen LogP contribution in [0.15, 0.2) is 6.07 Å². The predicted molar refractivity (Wildman–Crippen MR) is 73.0 cm³/mol. The fourth-order valence-corrected chi connectivity index (χ4v) is 3.34. The van der Waals surface area contributed by atoms with Gasteiger partial charge in [0.2, 0.25) is 0 Å². The Balaban J connectivity index is 2.37. The van der Waals surface area contributed by atoms with Gasteiger partial charge >= 0.3 is 5.69 Å². The molecule has 1 N–H and O–H groups in total. The molecule has 0 bridgehead atoms. The second-order valence-corrected chi connectivity index (χ2v) is 6.17. The quantitative estimate of drug-likeness (QED) is 0.522. The van der Waals surface area contributed by atoms with Crippen LogP contribution in [0.3, 0.4) is 0 Å². The summed E-state index contributed by atoms with van der Waals surface area (Å²) < 4.78 is 0. The van der Waals surface area contributed by atoms with Gasteiger partial charge in [0.15, 0.2) is 10.8 Å². The number of piperidine rings is 1. The highest BCUT2D eigenvalue weighted by molar-refractivity contribution is 7.18. The molecule has 19 heavy (non-hydrogen) atoms. The number of thiophene rings is 1. The minimum atomic E-state index is -0.841. The maximum absolute atomic E-state index is 11.4. The van der Waals surface area contributed by atoms with Gasteiger partial charge in [-0.15, -0.1) is 11.3 Å². The third-order valence-electron chi connectivity index (χ3n) is 3.20. The Morgan fingerprint density at radius 3 is 2.84 bits per heavy atom. The van der Waals surface area contributed by atoms with E-state index in [1.165, 1.54) is 13.0 Å². The van der Waals surface area contributed by atoms with Crippen molar-refractivity contribution < 1.29 is 14.8 Å². The third-order valence-corrected chi connectivity index (χ3v) is 4.49. The number of nitrogens with zero attached hydrogens (tertiary/aromatic N) is 2. The highest BCUT2D eigenvalue weighted by Crippen LogP contribution is 2.40. The van der Waals surface area contributed by atoms with E-state index in [1.807, 2.05) is 0 Å². The molecule has 0 radical (unpaired) electrons. The smallest absolute Gasteiger partial charge is 0.304 e. The summed E-state index contributed by atoms with van der Waals surface area (Å²) in [6.07, 6.45) is 1.46. The summed E-state index contributed by atoms with van der Waals surface area (Å²) in [6, 6.07) is 1.33. The Kier molecular flexibility index (Phi) is 3.60. The fourth-order valence-electron chi connectivity index (χ4n) is 2.30. The van der Waals surface area contributed by atoms with Crippen molar-refractivity contribution in [3.8, 4) is 0 Å². The van der Waals surface area contributed by atoms with Gasteiger partial charge in [-0.3, -0.25) is 14.9 Å². The third kappa shape index (κ3) is 2.93. The molecule has 1 aromatic rings. The van der Waals surface area contributed by atoms with Crippen molar-refractivity contribution in [2.75, 3.05) is 18.0 Å². The molecule has 1 aliphatic rings. The van der Waals surface area contributed by atoms with Crippen molar-refractivity contribution in [2.24, 2.45) is 0 Å². The number of β-amino-alcohol motifs (C(OH)–C–C–N with tert-alkyl or cyclic N) is 1. The molecule has 1 aliphatic heterocycles. The topological polar surface area (TPSA) is 83.7 Å². The lowest BCUT2D eigenvalue weighted by molar-refractivity contribution is -0.383. The SMILES string of the molecule is CC(=O)c1cc([N+](=O)[O-])c(N2CCCC(C)(O)C2)s1. The van der Waals surface area contributed by atoms with Gasteiger partial charge in [0.1, 0.15) is 0 Å². The van der Waals surface area contributed by atoms with E-state index in [1.54, 1.807) is 11.8 Å². The summed E-state index contributed by atoms with van der Waals surface area (Å²) in [7, 11) is 0. The molecule has 6 nitrogen and oxygen atoms in total. The molecular formula is C12H16N2O4S. The highest BCUT2D eigenvalue weighted by atomic mass is 32.1. The predicted octanol–water partition coefficient (Wildman–Crippen LogP) is 2.21. The van der Waals surface area contributed by atoms with Crippen LogP contribution in [0.2, 0.25) is 0 Å². The maximum atomic E-state index is 11.4. The van der Waals surface area contributed by atoms with Gasteiger partial charge < -0.3 is 10.0 Å². The van der Waals surface area contributed by atoms with E-state index < -0.39 is 10.5 Å². The summed E-state index contributed by atoms with van der Waals surface area (Å²) in [6.45, 7) is 4.14. The molecule has 0 amide bonds. The average Bonchev–Trinajstić information content (AvgIpc) is 2.72. The van der Waals surface area contributed by atoms with Crippen LogP contribution in [0, 0.1) is 10.1 Å². The van der Waals surface area contributed by atoms with Crippen molar-refractivity contribution in [3.63, 3.8) is 0 Å². The minimum Gasteiger partial charge on any atom is -0.388 e. The lowest BCUT2D eigenvalue weighted by Crippen LogP contribution is -2.46. The molecule has 0 spiro atoms. The summed E-state index contributed by atoms with van der Waals surface area (Å²) in [5.41, 5.74) is -0.889. The number of carbonyl (C=O) groups excluding carboxylic acids is 1. The van der Waals surface area contributed by atoms with Crippen molar-refractivity contribution in [1.82, 2.24) is 0 Å². The molecule has 104 valence electrons. The molecule has 1 atom stereocenters. The van der Waals surface area contributed by atoms with Gasteiger partial charge in [0, 0.05) is 19.2 Å². The molecular weight excluding hydrogens is 268 g/mol. The van der Waals surface area contributed by atoms with Crippen LogP contribution in [0.4, 0.5) is 10.7 Å². The van der Waals surface area contributed by atoms with E-state index in [0.29, 0.717) is 29.4 Å².